The smallest absolute Gasteiger partial charge is 0.332 e. The molecule has 1 N–H and O–H groups in total. The van der Waals surface area contributed by atoms with Crippen molar-refractivity contribution in [3.05, 3.63) is 81.9 Å². The predicted octanol–water partition coefficient (Wildman–Crippen LogP) is 4.39. The number of imidazole rings is 1. The Hall–Kier alpha value is -3.08. The number of hydrogen-bond acceptors (Lipinski definition) is 3. The molecule has 2 aromatic carbocycles. The number of fused-ring (bicyclic) bond motifs is 2. The molecule has 0 amide bonds. The Morgan fingerprint density at radius 3 is 2.43 bits per heavy atom. The summed E-state index contributed by atoms with van der Waals surface area (Å²) in [5.74, 6) is 0.0484. The van der Waals surface area contributed by atoms with Crippen molar-refractivity contribution in [2.24, 2.45) is 4.99 Å². The van der Waals surface area contributed by atoms with E-state index in [1.165, 1.54) is 6.42 Å². The summed E-state index contributed by atoms with van der Waals surface area (Å²) < 4.78 is 3.31. The van der Waals surface area contributed by atoms with Crippen LogP contribution in [-0.4, -0.2) is 20.0 Å². The minimum Gasteiger partial charge on any atom is -0.493 e. The Balaban J connectivity index is 1.77. The fourth-order valence-electron chi connectivity index (χ4n) is 4.49. The van der Waals surface area contributed by atoms with Crippen LogP contribution in [0, 0.1) is 0 Å². The van der Waals surface area contributed by atoms with Crippen LogP contribution in [0.4, 0.5) is 5.69 Å². The van der Waals surface area contributed by atoms with Crippen molar-refractivity contribution < 1.29 is 5.11 Å². The minimum absolute atomic E-state index is 0.0484. The van der Waals surface area contributed by atoms with Crippen molar-refractivity contribution in [2.45, 2.75) is 44.7 Å². The van der Waals surface area contributed by atoms with E-state index < -0.39 is 0 Å². The molecule has 142 valence electrons. The summed E-state index contributed by atoms with van der Waals surface area (Å²) in [6, 6.07) is 17.7. The van der Waals surface area contributed by atoms with Gasteiger partial charge in [0.2, 0.25) is 5.88 Å². The van der Waals surface area contributed by atoms with E-state index in [0.717, 1.165) is 42.5 Å². The van der Waals surface area contributed by atoms with Gasteiger partial charge in [0.15, 0.2) is 0 Å². The average molecular weight is 373 g/mol. The van der Waals surface area contributed by atoms with Crippen molar-refractivity contribution in [1.29, 1.82) is 0 Å². The summed E-state index contributed by atoms with van der Waals surface area (Å²) in [5, 5.41) is 11.2. The fourth-order valence-corrected chi connectivity index (χ4v) is 4.49. The number of para-hydroxylation sites is 1. The topological polar surface area (TPSA) is 59.5 Å². The Morgan fingerprint density at radius 1 is 0.929 bits per heavy atom. The molecule has 0 spiro atoms. The molecular weight excluding hydrogens is 350 g/mol. The molecule has 3 aromatic rings. The van der Waals surface area contributed by atoms with Gasteiger partial charge in [-0.2, -0.15) is 0 Å². The molecule has 0 bridgehead atoms. The van der Waals surface area contributed by atoms with Crippen LogP contribution in [0.5, 0.6) is 5.88 Å². The van der Waals surface area contributed by atoms with E-state index in [1.54, 1.807) is 9.13 Å². The predicted molar refractivity (Wildman–Crippen MR) is 110 cm³/mol. The highest BCUT2D eigenvalue weighted by atomic mass is 16.3. The number of benzene rings is 2. The van der Waals surface area contributed by atoms with Crippen LogP contribution < -0.4 is 5.69 Å². The lowest BCUT2D eigenvalue weighted by Crippen LogP contribution is -2.29. The highest BCUT2D eigenvalue weighted by molar-refractivity contribution is 6.14. The SMILES string of the molecule is O=c1n2c(c(O)n1C1CCCCC1)C(c1ccccc1)=Nc1ccccc1C2. The van der Waals surface area contributed by atoms with Crippen LogP contribution in [0.15, 0.2) is 64.4 Å². The third-order valence-corrected chi connectivity index (χ3v) is 5.91. The van der Waals surface area contributed by atoms with E-state index in [-0.39, 0.29) is 17.6 Å². The van der Waals surface area contributed by atoms with Gasteiger partial charge in [-0.1, -0.05) is 67.8 Å². The molecule has 2 aliphatic rings. The first kappa shape index (κ1) is 17.0. The first-order valence-electron chi connectivity index (χ1n) is 10.0. The molecule has 1 saturated carbocycles. The normalized spacial score (nSPS) is 16.8. The third kappa shape index (κ3) is 2.70. The van der Waals surface area contributed by atoms with E-state index in [0.29, 0.717) is 18.0 Å². The average Bonchev–Trinajstić information content (AvgIpc) is 2.89. The van der Waals surface area contributed by atoms with Gasteiger partial charge < -0.3 is 5.11 Å². The largest absolute Gasteiger partial charge is 0.493 e. The summed E-state index contributed by atoms with van der Waals surface area (Å²) in [5.41, 5.74) is 3.75. The van der Waals surface area contributed by atoms with Crippen LogP contribution >= 0.6 is 0 Å². The zero-order valence-electron chi connectivity index (χ0n) is 15.7. The van der Waals surface area contributed by atoms with Gasteiger partial charge >= 0.3 is 5.69 Å². The number of rotatable bonds is 2. The Morgan fingerprint density at radius 2 is 1.64 bits per heavy atom. The zero-order valence-corrected chi connectivity index (χ0v) is 15.7. The molecule has 28 heavy (non-hydrogen) atoms. The molecule has 1 aliphatic carbocycles. The summed E-state index contributed by atoms with van der Waals surface area (Å²) >= 11 is 0. The van der Waals surface area contributed by atoms with Crippen LogP contribution in [0.1, 0.15) is 55.0 Å². The van der Waals surface area contributed by atoms with Crippen molar-refractivity contribution in [2.75, 3.05) is 0 Å². The molecule has 5 rings (SSSR count). The fraction of sp³-hybridized carbons (Fsp3) is 0.304. The van der Waals surface area contributed by atoms with E-state index in [9.17, 15) is 9.90 Å². The molecule has 1 aromatic heterocycles. The molecule has 5 heteroatoms. The Bertz CT molecular complexity index is 1100. The lowest BCUT2D eigenvalue weighted by atomic mass is 9.95. The van der Waals surface area contributed by atoms with Crippen LogP contribution in [0.2, 0.25) is 0 Å². The summed E-state index contributed by atoms with van der Waals surface area (Å²) in [6.07, 6.45) is 5.26. The third-order valence-electron chi connectivity index (χ3n) is 5.91. The van der Waals surface area contributed by atoms with E-state index in [4.69, 9.17) is 4.99 Å². The van der Waals surface area contributed by atoms with Gasteiger partial charge in [-0.3, -0.25) is 9.13 Å². The second-order valence-electron chi connectivity index (χ2n) is 7.66. The molecule has 1 aliphatic heterocycles. The standard InChI is InChI=1S/C23H23N3O2/c27-22-21-20(16-9-3-1-4-10-16)24-19-14-8-7-11-17(19)15-25(21)23(28)26(22)18-12-5-2-6-13-18/h1,3-4,7-11,14,18,27H,2,5-6,12-13,15H2. The molecule has 0 unspecified atom stereocenters. The van der Waals surface area contributed by atoms with Gasteiger partial charge in [0.25, 0.3) is 0 Å². The van der Waals surface area contributed by atoms with Crippen LogP contribution in [0.25, 0.3) is 0 Å². The Labute approximate surface area is 163 Å². The van der Waals surface area contributed by atoms with Gasteiger partial charge in [0, 0.05) is 11.6 Å². The lowest BCUT2D eigenvalue weighted by Gasteiger charge is -2.22. The van der Waals surface area contributed by atoms with Crippen molar-refractivity contribution in [1.82, 2.24) is 9.13 Å². The van der Waals surface area contributed by atoms with Crippen LogP contribution in [0.3, 0.4) is 0 Å². The minimum atomic E-state index is -0.139. The first-order valence-corrected chi connectivity index (χ1v) is 10.0. The van der Waals surface area contributed by atoms with Crippen LogP contribution in [-0.2, 0) is 6.54 Å². The van der Waals surface area contributed by atoms with Gasteiger partial charge in [0.05, 0.1) is 12.2 Å². The number of aromatic hydroxyl groups is 1. The lowest BCUT2D eigenvalue weighted by molar-refractivity contribution is 0.306. The Kier molecular flexibility index (Phi) is 4.15. The van der Waals surface area contributed by atoms with E-state index in [2.05, 4.69) is 0 Å². The van der Waals surface area contributed by atoms with Crippen molar-refractivity contribution >= 4 is 11.4 Å². The van der Waals surface area contributed by atoms with Gasteiger partial charge in [-0.15, -0.1) is 0 Å². The maximum Gasteiger partial charge on any atom is 0.332 e. The van der Waals surface area contributed by atoms with Crippen molar-refractivity contribution in [3.63, 3.8) is 0 Å². The second-order valence-corrected chi connectivity index (χ2v) is 7.66. The summed E-state index contributed by atoms with van der Waals surface area (Å²) in [7, 11) is 0. The molecule has 2 heterocycles. The molecule has 1 fully saturated rings. The molecule has 0 saturated heterocycles. The van der Waals surface area contributed by atoms with E-state index in [1.807, 2.05) is 54.6 Å². The molecule has 5 nitrogen and oxygen atoms in total. The molecular formula is C23H23N3O2. The highest BCUT2D eigenvalue weighted by Crippen LogP contribution is 2.35. The van der Waals surface area contributed by atoms with Gasteiger partial charge in [-0.05, 0) is 24.5 Å². The number of aromatic nitrogens is 2. The zero-order chi connectivity index (χ0) is 19.1. The van der Waals surface area contributed by atoms with Crippen molar-refractivity contribution in [3.8, 4) is 5.88 Å². The monoisotopic (exact) mass is 373 g/mol. The van der Waals surface area contributed by atoms with E-state index >= 15 is 0 Å². The number of nitrogens with zero attached hydrogens (tertiary/aromatic N) is 3. The highest BCUT2D eigenvalue weighted by Gasteiger charge is 2.31. The summed E-state index contributed by atoms with van der Waals surface area (Å²) in [6.45, 7) is 0.414. The first-order chi connectivity index (χ1) is 13.7. The molecule has 0 atom stereocenters. The van der Waals surface area contributed by atoms with Gasteiger partial charge in [-0.25, -0.2) is 9.79 Å². The second kappa shape index (κ2) is 6.82. The quantitative estimate of drug-likeness (QED) is 0.566. The maximum absolute atomic E-state index is 13.4. The summed E-state index contributed by atoms with van der Waals surface area (Å²) in [4.78, 5) is 18.3. The maximum atomic E-state index is 13.4. The number of hydrogen-bond donors (Lipinski definition) is 1. The number of aliphatic imine (C=N–C) groups is 1. The molecule has 0 radical (unpaired) electrons. The van der Waals surface area contributed by atoms with Gasteiger partial charge in [0.1, 0.15) is 11.4 Å².